The van der Waals surface area contributed by atoms with E-state index < -0.39 is 0 Å². The Morgan fingerprint density at radius 3 is 2.67 bits per heavy atom. The Hall–Kier alpha value is -1.66. The maximum Gasteiger partial charge on any atom is 0.216 e. The standard InChI is InChI=1S/C15H18BrN3O2/c1-17-12(13-8-15(21-3)19-9-18-13)7-10-6-11(16)4-5-14(10)20-2/h4-6,8-9,12,17H,7H2,1-3H3. The minimum Gasteiger partial charge on any atom is -0.496 e. The fraction of sp³-hybridized carbons (Fsp3) is 0.333. The number of benzene rings is 1. The SMILES string of the molecule is CNC(Cc1cc(Br)ccc1OC)c1cc(OC)ncn1. The average Bonchev–Trinajstić information content (AvgIpc) is 2.52. The van der Waals surface area contributed by atoms with E-state index in [1.165, 1.54) is 6.33 Å². The molecule has 2 aromatic rings. The second-order valence-electron chi connectivity index (χ2n) is 4.49. The highest BCUT2D eigenvalue weighted by molar-refractivity contribution is 9.10. The molecule has 112 valence electrons. The van der Waals surface area contributed by atoms with Crippen molar-refractivity contribution in [2.75, 3.05) is 21.3 Å². The zero-order valence-corrected chi connectivity index (χ0v) is 13.8. The van der Waals surface area contributed by atoms with Crippen molar-refractivity contribution in [1.29, 1.82) is 0 Å². The molecule has 0 fully saturated rings. The van der Waals surface area contributed by atoms with Gasteiger partial charge in [-0.2, -0.15) is 0 Å². The lowest BCUT2D eigenvalue weighted by Crippen LogP contribution is -2.20. The fourth-order valence-electron chi connectivity index (χ4n) is 2.14. The number of hydrogen-bond acceptors (Lipinski definition) is 5. The van der Waals surface area contributed by atoms with Crippen molar-refractivity contribution in [2.24, 2.45) is 0 Å². The Morgan fingerprint density at radius 1 is 1.19 bits per heavy atom. The first-order valence-electron chi connectivity index (χ1n) is 6.53. The number of likely N-dealkylation sites (N-methyl/N-ethyl adjacent to an activating group) is 1. The Labute approximate surface area is 132 Å². The Balaban J connectivity index is 2.28. The highest BCUT2D eigenvalue weighted by atomic mass is 79.9. The molecule has 0 saturated carbocycles. The van der Waals surface area contributed by atoms with Crippen molar-refractivity contribution >= 4 is 15.9 Å². The first-order valence-corrected chi connectivity index (χ1v) is 7.32. The molecule has 2 rings (SSSR count). The van der Waals surface area contributed by atoms with E-state index in [4.69, 9.17) is 9.47 Å². The summed E-state index contributed by atoms with van der Waals surface area (Å²) in [5, 5.41) is 3.27. The molecule has 0 radical (unpaired) electrons. The summed E-state index contributed by atoms with van der Waals surface area (Å²) in [6.07, 6.45) is 2.26. The summed E-state index contributed by atoms with van der Waals surface area (Å²) in [5.74, 6) is 1.42. The van der Waals surface area contributed by atoms with Gasteiger partial charge in [-0.1, -0.05) is 15.9 Å². The molecule has 1 aromatic heterocycles. The van der Waals surface area contributed by atoms with Crippen LogP contribution in [0.3, 0.4) is 0 Å². The van der Waals surface area contributed by atoms with Crippen LogP contribution in [-0.2, 0) is 6.42 Å². The van der Waals surface area contributed by atoms with Crippen LogP contribution in [0.1, 0.15) is 17.3 Å². The number of rotatable bonds is 6. The lowest BCUT2D eigenvalue weighted by Gasteiger charge is -2.18. The first-order chi connectivity index (χ1) is 10.2. The molecule has 1 heterocycles. The minimum atomic E-state index is 0.0464. The van der Waals surface area contributed by atoms with E-state index in [0.29, 0.717) is 5.88 Å². The van der Waals surface area contributed by atoms with Gasteiger partial charge in [0.15, 0.2) is 0 Å². The second kappa shape index (κ2) is 7.38. The third kappa shape index (κ3) is 3.92. The van der Waals surface area contributed by atoms with Crippen LogP contribution in [0.4, 0.5) is 0 Å². The Kier molecular flexibility index (Phi) is 5.52. The predicted molar refractivity (Wildman–Crippen MR) is 84.8 cm³/mol. The van der Waals surface area contributed by atoms with Crippen LogP contribution in [0.25, 0.3) is 0 Å². The maximum atomic E-state index is 5.42. The maximum absolute atomic E-state index is 5.42. The van der Waals surface area contributed by atoms with E-state index in [1.807, 2.05) is 25.2 Å². The van der Waals surface area contributed by atoms with Crippen LogP contribution in [-0.4, -0.2) is 31.2 Å². The third-order valence-electron chi connectivity index (χ3n) is 3.24. The number of halogens is 1. The van der Waals surface area contributed by atoms with Crippen molar-refractivity contribution in [3.05, 3.63) is 46.3 Å². The van der Waals surface area contributed by atoms with E-state index in [2.05, 4.69) is 37.3 Å². The predicted octanol–water partition coefficient (Wildman–Crippen LogP) is 2.76. The van der Waals surface area contributed by atoms with Gasteiger partial charge in [-0.05, 0) is 37.2 Å². The largest absolute Gasteiger partial charge is 0.496 e. The number of hydrogen-bond donors (Lipinski definition) is 1. The Morgan fingerprint density at radius 2 is 2.00 bits per heavy atom. The molecule has 0 saturated heterocycles. The van der Waals surface area contributed by atoms with Crippen LogP contribution >= 0.6 is 15.9 Å². The van der Waals surface area contributed by atoms with Crippen LogP contribution in [0.15, 0.2) is 35.1 Å². The van der Waals surface area contributed by atoms with Crippen LogP contribution < -0.4 is 14.8 Å². The van der Waals surface area contributed by atoms with Gasteiger partial charge in [-0.25, -0.2) is 9.97 Å². The zero-order valence-electron chi connectivity index (χ0n) is 12.3. The third-order valence-corrected chi connectivity index (χ3v) is 3.74. The average molecular weight is 352 g/mol. The molecular formula is C15H18BrN3O2. The molecule has 0 amide bonds. The van der Waals surface area contributed by atoms with E-state index in [9.17, 15) is 0 Å². The van der Waals surface area contributed by atoms with Gasteiger partial charge in [-0.3, -0.25) is 0 Å². The molecule has 6 heteroatoms. The number of methoxy groups -OCH3 is 2. The van der Waals surface area contributed by atoms with Crippen LogP contribution in [0, 0.1) is 0 Å². The second-order valence-corrected chi connectivity index (χ2v) is 5.40. The number of nitrogens with zero attached hydrogens (tertiary/aromatic N) is 2. The van der Waals surface area contributed by atoms with Crippen molar-refractivity contribution in [2.45, 2.75) is 12.5 Å². The van der Waals surface area contributed by atoms with Gasteiger partial charge in [0, 0.05) is 10.5 Å². The molecular weight excluding hydrogens is 334 g/mol. The molecule has 0 aliphatic rings. The zero-order chi connectivity index (χ0) is 15.2. The molecule has 1 atom stereocenters. The van der Waals surface area contributed by atoms with E-state index >= 15 is 0 Å². The van der Waals surface area contributed by atoms with Gasteiger partial charge in [0.1, 0.15) is 12.1 Å². The summed E-state index contributed by atoms with van der Waals surface area (Å²) in [6.45, 7) is 0. The Bertz CT molecular complexity index is 607. The number of aromatic nitrogens is 2. The lowest BCUT2D eigenvalue weighted by atomic mass is 10.0. The minimum absolute atomic E-state index is 0.0464. The van der Waals surface area contributed by atoms with Crippen molar-refractivity contribution < 1.29 is 9.47 Å². The molecule has 21 heavy (non-hydrogen) atoms. The van der Waals surface area contributed by atoms with Gasteiger partial charge in [0.2, 0.25) is 5.88 Å². The molecule has 5 nitrogen and oxygen atoms in total. The van der Waals surface area contributed by atoms with Gasteiger partial charge < -0.3 is 14.8 Å². The summed E-state index contributed by atoms with van der Waals surface area (Å²) in [6, 6.07) is 7.86. The van der Waals surface area contributed by atoms with E-state index in [-0.39, 0.29) is 6.04 Å². The van der Waals surface area contributed by atoms with Crippen LogP contribution in [0.2, 0.25) is 0 Å². The fourth-order valence-corrected chi connectivity index (χ4v) is 2.55. The molecule has 1 unspecified atom stereocenters. The van der Waals surface area contributed by atoms with Crippen LogP contribution in [0.5, 0.6) is 11.6 Å². The summed E-state index contributed by atoms with van der Waals surface area (Å²) >= 11 is 3.49. The topological polar surface area (TPSA) is 56.3 Å². The quantitative estimate of drug-likeness (QED) is 0.867. The highest BCUT2D eigenvalue weighted by Gasteiger charge is 2.15. The summed E-state index contributed by atoms with van der Waals surface area (Å²) < 4.78 is 11.6. The smallest absolute Gasteiger partial charge is 0.216 e. The van der Waals surface area contributed by atoms with E-state index in [1.54, 1.807) is 14.2 Å². The normalized spacial score (nSPS) is 12.0. The van der Waals surface area contributed by atoms with Gasteiger partial charge in [0.25, 0.3) is 0 Å². The molecule has 1 aromatic carbocycles. The van der Waals surface area contributed by atoms with Crippen molar-refractivity contribution in [3.63, 3.8) is 0 Å². The van der Waals surface area contributed by atoms with E-state index in [0.717, 1.165) is 27.9 Å². The highest BCUT2D eigenvalue weighted by Crippen LogP contribution is 2.27. The van der Waals surface area contributed by atoms with Gasteiger partial charge >= 0.3 is 0 Å². The number of ether oxygens (including phenoxy) is 2. The lowest BCUT2D eigenvalue weighted by molar-refractivity contribution is 0.393. The van der Waals surface area contributed by atoms with Crippen molar-refractivity contribution in [1.82, 2.24) is 15.3 Å². The van der Waals surface area contributed by atoms with Gasteiger partial charge in [-0.15, -0.1) is 0 Å². The van der Waals surface area contributed by atoms with Crippen molar-refractivity contribution in [3.8, 4) is 11.6 Å². The molecule has 0 aliphatic carbocycles. The monoisotopic (exact) mass is 351 g/mol. The first kappa shape index (κ1) is 15.7. The summed E-state index contributed by atoms with van der Waals surface area (Å²) in [7, 11) is 5.18. The molecule has 0 aliphatic heterocycles. The summed E-state index contributed by atoms with van der Waals surface area (Å²) in [4.78, 5) is 8.36. The number of nitrogens with one attached hydrogen (secondary N) is 1. The molecule has 0 spiro atoms. The molecule has 1 N–H and O–H groups in total. The van der Waals surface area contributed by atoms with Gasteiger partial charge in [0.05, 0.1) is 26.0 Å². The molecule has 0 bridgehead atoms. The summed E-state index contributed by atoms with van der Waals surface area (Å²) in [5.41, 5.74) is 1.98.